The molecule has 0 aromatic carbocycles. The van der Waals surface area contributed by atoms with Crippen LogP contribution in [-0.4, -0.2) is 11.7 Å². The molecule has 0 aliphatic carbocycles. The van der Waals surface area contributed by atoms with Gasteiger partial charge in [-0.15, -0.1) is 0 Å². The SMILES string of the molecule is CCCCCCCCCC[CH]CC(CO)CC(C)C. The van der Waals surface area contributed by atoms with Crippen LogP contribution in [0.3, 0.4) is 0 Å². The average molecular weight is 269 g/mol. The maximum atomic E-state index is 9.30. The smallest absolute Gasteiger partial charge is 0.0459 e. The van der Waals surface area contributed by atoms with E-state index in [9.17, 15) is 5.11 Å². The zero-order valence-corrected chi connectivity index (χ0v) is 13.7. The van der Waals surface area contributed by atoms with Crippen LogP contribution in [0.5, 0.6) is 0 Å². The Morgan fingerprint density at radius 1 is 0.895 bits per heavy atom. The van der Waals surface area contributed by atoms with E-state index in [1.54, 1.807) is 0 Å². The van der Waals surface area contributed by atoms with Gasteiger partial charge in [-0.25, -0.2) is 0 Å². The van der Waals surface area contributed by atoms with Crippen molar-refractivity contribution in [1.82, 2.24) is 0 Å². The molecule has 0 heterocycles. The van der Waals surface area contributed by atoms with Gasteiger partial charge in [-0.1, -0.05) is 78.6 Å². The predicted octanol–water partition coefficient (Wildman–Crippen LogP) is 5.77. The number of rotatable bonds is 14. The highest BCUT2D eigenvalue weighted by Gasteiger charge is 2.09. The molecule has 1 N–H and O–H groups in total. The molecule has 0 rings (SSSR count). The van der Waals surface area contributed by atoms with Gasteiger partial charge in [0.05, 0.1) is 0 Å². The molecule has 0 aromatic rings. The number of hydrogen-bond donors (Lipinski definition) is 1. The highest BCUT2D eigenvalue weighted by molar-refractivity contribution is 4.72. The van der Waals surface area contributed by atoms with E-state index < -0.39 is 0 Å². The van der Waals surface area contributed by atoms with Crippen molar-refractivity contribution in [3.8, 4) is 0 Å². The lowest BCUT2D eigenvalue weighted by Gasteiger charge is -2.15. The Kier molecular flexibility index (Phi) is 14.3. The van der Waals surface area contributed by atoms with Crippen molar-refractivity contribution in [2.75, 3.05) is 6.61 Å². The molecule has 0 aromatic heterocycles. The van der Waals surface area contributed by atoms with Gasteiger partial charge in [0.25, 0.3) is 0 Å². The summed E-state index contributed by atoms with van der Waals surface area (Å²) in [6, 6.07) is 0. The van der Waals surface area contributed by atoms with Crippen molar-refractivity contribution in [3.05, 3.63) is 6.42 Å². The molecule has 19 heavy (non-hydrogen) atoms. The Labute approximate surface area is 122 Å². The normalized spacial score (nSPS) is 13.1. The fourth-order valence-electron chi connectivity index (χ4n) is 2.69. The molecule has 1 heteroatoms. The molecule has 1 radical (unpaired) electrons. The molecule has 115 valence electrons. The third-order valence-corrected chi connectivity index (χ3v) is 3.82. The van der Waals surface area contributed by atoms with Gasteiger partial charge in [0.15, 0.2) is 0 Å². The molecular weight excluding hydrogens is 232 g/mol. The van der Waals surface area contributed by atoms with Crippen molar-refractivity contribution in [1.29, 1.82) is 0 Å². The van der Waals surface area contributed by atoms with Gasteiger partial charge >= 0.3 is 0 Å². The summed E-state index contributed by atoms with van der Waals surface area (Å²) >= 11 is 0. The van der Waals surface area contributed by atoms with E-state index in [-0.39, 0.29) is 0 Å². The summed E-state index contributed by atoms with van der Waals surface area (Å²) in [6.45, 7) is 7.10. The first kappa shape index (κ1) is 19.0. The number of aliphatic hydroxyl groups excluding tert-OH is 1. The number of hydrogen-bond acceptors (Lipinski definition) is 1. The molecule has 0 saturated heterocycles. The van der Waals surface area contributed by atoms with Gasteiger partial charge in [0, 0.05) is 6.61 Å². The molecular formula is C18H37O. The Hall–Kier alpha value is -0.0400. The van der Waals surface area contributed by atoms with Crippen LogP contribution in [0.2, 0.25) is 0 Å². The van der Waals surface area contributed by atoms with E-state index in [2.05, 4.69) is 27.2 Å². The topological polar surface area (TPSA) is 20.2 Å². The van der Waals surface area contributed by atoms with Gasteiger partial charge in [0.2, 0.25) is 0 Å². The first-order valence-electron chi connectivity index (χ1n) is 8.63. The zero-order valence-electron chi connectivity index (χ0n) is 13.7. The van der Waals surface area contributed by atoms with Gasteiger partial charge in [-0.05, 0) is 31.1 Å². The third-order valence-electron chi connectivity index (χ3n) is 3.82. The van der Waals surface area contributed by atoms with E-state index >= 15 is 0 Å². The average Bonchev–Trinajstić information content (AvgIpc) is 2.39. The number of unbranched alkanes of at least 4 members (excludes halogenated alkanes) is 9. The van der Waals surface area contributed by atoms with Crippen LogP contribution in [0, 0.1) is 18.3 Å². The molecule has 1 nitrogen and oxygen atoms in total. The molecule has 0 amide bonds. The Morgan fingerprint density at radius 2 is 1.47 bits per heavy atom. The summed E-state index contributed by atoms with van der Waals surface area (Å²) in [7, 11) is 0. The minimum absolute atomic E-state index is 0.353. The lowest BCUT2D eigenvalue weighted by molar-refractivity contribution is 0.203. The molecule has 0 fully saturated rings. The first-order chi connectivity index (χ1) is 9.20. The maximum Gasteiger partial charge on any atom is 0.0459 e. The minimum Gasteiger partial charge on any atom is -0.396 e. The van der Waals surface area contributed by atoms with E-state index in [0.29, 0.717) is 18.4 Å². The molecule has 0 bridgehead atoms. The Morgan fingerprint density at radius 3 is 2.00 bits per heavy atom. The standard InChI is InChI=1S/C18H37O/c1-4-5-6-7-8-9-10-11-12-13-14-18(16-19)15-17(2)3/h13,17-19H,4-12,14-16H2,1-3H3. The fourth-order valence-corrected chi connectivity index (χ4v) is 2.69. The zero-order chi connectivity index (χ0) is 14.3. The molecule has 1 atom stereocenters. The highest BCUT2D eigenvalue weighted by atomic mass is 16.3. The van der Waals surface area contributed by atoms with Gasteiger partial charge < -0.3 is 5.11 Å². The van der Waals surface area contributed by atoms with Crippen LogP contribution in [0.15, 0.2) is 0 Å². The predicted molar refractivity (Wildman–Crippen MR) is 86.2 cm³/mol. The van der Waals surface area contributed by atoms with E-state index in [1.807, 2.05) is 0 Å². The second-order valence-electron chi connectivity index (χ2n) is 6.47. The molecule has 0 saturated carbocycles. The van der Waals surface area contributed by atoms with Crippen LogP contribution in [0.4, 0.5) is 0 Å². The van der Waals surface area contributed by atoms with Crippen molar-refractivity contribution in [3.63, 3.8) is 0 Å². The summed E-state index contributed by atoms with van der Waals surface area (Å²) in [4.78, 5) is 0. The van der Waals surface area contributed by atoms with Crippen LogP contribution in [-0.2, 0) is 0 Å². The van der Waals surface area contributed by atoms with Crippen LogP contribution < -0.4 is 0 Å². The summed E-state index contributed by atoms with van der Waals surface area (Å²) in [5.74, 6) is 1.20. The molecule has 1 unspecified atom stereocenters. The minimum atomic E-state index is 0.353. The van der Waals surface area contributed by atoms with E-state index in [4.69, 9.17) is 0 Å². The Balaban J connectivity index is 3.21. The third kappa shape index (κ3) is 14.2. The summed E-state index contributed by atoms with van der Waals surface area (Å²) < 4.78 is 0. The van der Waals surface area contributed by atoms with Gasteiger partial charge in [-0.2, -0.15) is 0 Å². The molecule has 0 aliphatic rings. The second-order valence-corrected chi connectivity index (χ2v) is 6.47. The Bertz CT molecular complexity index is 165. The van der Waals surface area contributed by atoms with Gasteiger partial charge in [0.1, 0.15) is 0 Å². The monoisotopic (exact) mass is 269 g/mol. The molecule has 0 aliphatic heterocycles. The van der Waals surface area contributed by atoms with E-state index in [0.717, 1.165) is 12.8 Å². The fraction of sp³-hybridized carbons (Fsp3) is 0.944. The molecule has 0 spiro atoms. The lowest BCUT2D eigenvalue weighted by Crippen LogP contribution is -2.09. The van der Waals surface area contributed by atoms with Crippen LogP contribution in [0.25, 0.3) is 0 Å². The maximum absolute atomic E-state index is 9.30. The first-order valence-corrected chi connectivity index (χ1v) is 8.63. The summed E-state index contributed by atoms with van der Waals surface area (Å²) in [6.07, 6.45) is 17.1. The van der Waals surface area contributed by atoms with E-state index in [1.165, 1.54) is 57.8 Å². The van der Waals surface area contributed by atoms with Crippen molar-refractivity contribution >= 4 is 0 Å². The van der Waals surface area contributed by atoms with Crippen molar-refractivity contribution < 1.29 is 5.11 Å². The largest absolute Gasteiger partial charge is 0.396 e. The van der Waals surface area contributed by atoms with Crippen molar-refractivity contribution in [2.45, 2.75) is 91.4 Å². The van der Waals surface area contributed by atoms with Crippen molar-refractivity contribution in [2.24, 2.45) is 11.8 Å². The summed E-state index contributed by atoms with van der Waals surface area (Å²) in [5, 5.41) is 9.30. The summed E-state index contributed by atoms with van der Waals surface area (Å²) in [5.41, 5.74) is 0. The van der Waals surface area contributed by atoms with Crippen LogP contribution in [0.1, 0.15) is 91.4 Å². The quantitative estimate of drug-likeness (QED) is 0.397. The van der Waals surface area contributed by atoms with Crippen LogP contribution >= 0.6 is 0 Å². The highest BCUT2D eigenvalue weighted by Crippen LogP contribution is 2.18. The van der Waals surface area contributed by atoms with Gasteiger partial charge in [-0.3, -0.25) is 0 Å². The number of aliphatic hydroxyl groups is 1. The lowest BCUT2D eigenvalue weighted by atomic mass is 9.92. The second kappa shape index (κ2) is 14.4.